The first-order valence-electron chi connectivity index (χ1n) is 10.5. The summed E-state index contributed by atoms with van der Waals surface area (Å²) in [7, 11) is 0. The monoisotopic (exact) mass is 386 g/mol. The molecule has 2 aliphatic rings. The van der Waals surface area contributed by atoms with Gasteiger partial charge in [-0.3, -0.25) is 0 Å². The van der Waals surface area contributed by atoms with E-state index in [0.717, 1.165) is 12.8 Å². The minimum absolute atomic E-state index is 0.0558. The highest BCUT2D eigenvalue weighted by molar-refractivity contribution is 5.82. The average molecular weight is 387 g/mol. The van der Waals surface area contributed by atoms with Crippen molar-refractivity contribution in [1.82, 2.24) is 0 Å². The Morgan fingerprint density at radius 2 is 2.00 bits per heavy atom. The highest BCUT2D eigenvalue weighted by atomic mass is 16.5. The van der Waals surface area contributed by atoms with Gasteiger partial charge in [0, 0.05) is 18.1 Å². The number of carbonyl (C=O) groups is 1. The fourth-order valence-corrected chi connectivity index (χ4v) is 6.15. The molecule has 0 aromatic heterocycles. The molecule has 28 heavy (non-hydrogen) atoms. The summed E-state index contributed by atoms with van der Waals surface area (Å²) in [5.41, 5.74) is 1.55. The number of aliphatic hydroxyl groups excluding tert-OH is 2. The maximum Gasteiger partial charge on any atom is 0.330 e. The zero-order valence-corrected chi connectivity index (χ0v) is 17.6. The number of rotatable bonds is 5. The molecule has 1 aromatic rings. The number of ether oxygens (including phenoxy) is 1. The summed E-state index contributed by atoms with van der Waals surface area (Å²) >= 11 is 0. The summed E-state index contributed by atoms with van der Waals surface area (Å²) in [4.78, 5) is 12.0. The second-order valence-electron chi connectivity index (χ2n) is 9.14. The standard InChI is InChI=1S/C24H34O4/c1-5-28-21(27)12-13-24(4)20(26)16-22(2)18-9-7-6-8-17(18)10-11-19(22)23(24,3)14-15-25/h6-9,12-13,19-20,25-26H,5,10-11,14-16H2,1-4H3/b13-12+/t19-,20-,22-,23-,24+/m0/s1. The average Bonchev–Trinajstić information content (AvgIpc) is 2.65. The summed E-state index contributed by atoms with van der Waals surface area (Å²) in [5, 5.41) is 21.3. The predicted octanol–water partition coefficient (Wildman–Crippen LogP) is 3.79. The Hall–Kier alpha value is -1.65. The Kier molecular flexibility index (Phi) is 5.75. The molecule has 2 aliphatic carbocycles. The number of hydrogen-bond acceptors (Lipinski definition) is 4. The number of fused-ring (bicyclic) bond motifs is 3. The first-order valence-corrected chi connectivity index (χ1v) is 10.5. The molecule has 0 bridgehead atoms. The van der Waals surface area contributed by atoms with Crippen molar-refractivity contribution in [2.75, 3.05) is 13.2 Å². The van der Waals surface area contributed by atoms with Crippen molar-refractivity contribution in [3.05, 3.63) is 47.5 Å². The fourth-order valence-electron chi connectivity index (χ4n) is 6.15. The highest BCUT2D eigenvalue weighted by Gasteiger charge is 2.62. The Morgan fingerprint density at radius 3 is 2.68 bits per heavy atom. The molecule has 5 atom stereocenters. The van der Waals surface area contributed by atoms with E-state index in [0.29, 0.717) is 25.4 Å². The van der Waals surface area contributed by atoms with Crippen molar-refractivity contribution in [3.8, 4) is 0 Å². The van der Waals surface area contributed by atoms with Crippen molar-refractivity contribution in [1.29, 1.82) is 0 Å². The molecule has 0 radical (unpaired) electrons. The van der Waals surface area contributed by atoms with E-state index < -0.39 is 11.5 Å². The van der Waals surface area contributed by atoms with Crippen LogP contribution in [0.2, 0.25) is 0 Å². The van der Waals surface area contributed by atoms with Crippen LogP contribution >= 0.6 is 0 Å². The van der Waals surface area contributed by atoms with Gasteiger partial charge >= 0.3 is 5.97 Å². The molecule has 1 saturated carbocycles. The lowest BCUT2D eigenvalue weighted by atomic mass is 9.41. The minimum Gasteiger partial charge on any atom is -0.463 e. The van der Waals surface area contributed by atoms with Gasteiger partial charge in [-0.25, -0.2) is 4.79 Å². The SMILES string of the molecule is CCOC(=O)/C=C/[C@]1(C)[C@@H](O)C[C@@]2(C)c3ccccc3CC[C@@H]2[C@]1(C)CCO. The van der Waals surface area contributed by atoms with Gasteiger partial charge in [0.15, 0.2) is 0 Å². The smallest absolute Gasteiger partial charge is 0.330 e. The van der Waals surface area contributed by atoms with E-state index in [-0.39, 0.29) is 23.4 Å². The second kappa shape index (κ2) is 7.64. The van der Waals surface area contributed by atoms with E-state index in [9.17, 15) is 15.0 Å². The molecule has 0 saturated heterocycles. The third-order valence-electron chi connectivity index (χ3n) is 7.90. The lowest BCUT2D eigenvalue weighted by Gasteiger charge is -2.64. The van der Waals surface area contributed by atoms with Gasteiger partial charge in [-0.1, -0.05) is 51.1 Å². The Bertz CT molecular complexity index is 757. The van der Waals surface area contributed by atoms with E-state index in [1.54, 1.807) is 6.92 Å². The molecule has 0 aliphatic heterocycles. The van der Waals surface area contributed by atoms with Crippen LogP contribution in [0.4, 0.5) is 0 Å². The van der Waals surface area contributed by atoms with Gasteiger partial charge in [-0.2, -0.15) is 0 Å². The molecule has 0 amide bonds. The molecule has 2 N–H and O–H groups in total. The van der Waals surface area contributed by atoms with Gasteiger partial charge in [0.25, 0.3) is 0 Å². The molecule has 1 aromatic carbocycles. The predicted molar refractivity (Wildman–Crippen MR) is 110 cm³/mol. The van der Waals surface area contributed by atoms with Crippen LogP contribution in [0.1, 0.15) is 58.1 Å². The van der Waals surface area contributed by atoms with E-state index in [4.69, 9.17) is 4.74 Å². The number of aryl methyl sites for hydroxylation is 1. The molecule has 4 heteroatoms. The molecule has 4 nitrogen and oxygen atoms in total. The zero-order chi connectivity index (χ0) is 20.6. The molecule has 0 unspecified atom stereocenters. The van der Waals surface area contributed by atoms with Crippen molar-refractivity contribution >= 4 is 5.97 Å². The molecule has 0 spiro atoms. The third kappa shape index (κ3) is 3.11. The van der Waals surface area contributed by atoms with Crippen LogP contribution in [-0.2, 0) is 21.4 Å². The van der Waals surface area contributed by atoms with Crippen molar-refractivity contribution in [3.63, 3.8) is 0 Å². The number of benzene rings is 1. The Morgan fingerprint density at radius 1 is 1.29 bits per heavy atom. The molecular weight excluding hydrogens is 352 g/mol. The fraction of sp³-hybridized carbons (Fsp3) is 0.625. The zero-order valence-electron chi connectivity index (χ0n) is 17.6. The van der Waals surface area contributed by atoms with Crippen LogP contribution in [0.25, 0.3) is 0 Å². The van der Waals surface area contributed by atoms with Crippen LogP contribution < -0.4 is 0 Å². The van der Waals surface area contributed by atoms with E-state index in [1.807, 2.05) is 13.0 Å². The number of carbonyl (C=O) groups excluding carboxylic acids is 1. The second-order valence-corrected chi connectivity index (χ2v) is 9.14. The van der Waals surface area contributed by atoms with Gasteiger partial charge in [0.1, 0.15) is 0 Å². The third-order valence-corrected chi connectivity index (χ3v) is 7.90. The normalized spacial score (nSPS) is 37.4. The van der Waals surface area contributed by atoms with Gasteiger partial charge in [0.2, 0.25) is 0 Å². The molecule has 0 heterocycles. The van der Waals surface area contributed by atoms with Crippen molar-refractivity contribution in [2.24, 2.45) is 16.7 Å². The minimum atomic E-state index is -0.626. The molecule has 3 rings (SSSR count). The molecule has 1 fully saturated rings. The first-order chi connectivity index (χ1) is 13.2. The van der Waals surface area contributed by atoms with Crippen LogP contribution in [-0.4, -0.2) is 35.5 Å². The summed E-state index contributed by atoms with van der Waals surface area (Å²) in [6, 6.07) is 8.56. The quantitative estimate of drug-likeness (QED) is 0.597. The summed E-state index contributed by atoms with van der Waals surface area (Å²) in [6.45, 7) is 8.64. The Labute approximate surface area is 168 Å². The number of hydrogen-bond donors (Lipinski definition) is 2. The molecular formula is C24H34O4. The molecule has 154 valence electrons. The van der Waals surface area contributed by atoms with E-state index in [1.165, 1.54) is 17.2 Å². The summed E-state index contributed by atoms with van der Waals surface area (Å²) in [5.74, 6) is -0.0908. The van der Waals surface area contributed by atoms with Crippen molar-refractivity contribution < 1.29 is 19.7 Å². The van der Waals surface area contributed by atoms with Crippen LogP contribution in [0.3, 0.4) is 0 Å². The summed E-state index contributed by atoms with van der Waals surface area (Å²) < 4.78 is 5.06. The van der Waals surface area contributed by atoms with Gasteiger partial charge in [-0.05, 0) is 60.5 Å². The topological polar surface area (TPSA) is 66.8 Å². The lowest BCUT2D eigenvalue weighted by Crippen LogP contribution is -2.62. The van der Waals surface area contributed by atoms with Gasteiger partial charge in [-0.15, -0.1) is 0 Å². The highest BCUT2D eigenvalue weighted by Crippen LogP contribution is 2.65. The van der Waals surface area contributed by atoms with Crippen LogP contribution in [0.5, 0.6) is 0 Å². The lowest BCUT2D eigenvalue weighted by molar-refractivity contribution is -0.147. The van der Waals surface area contributed by atoms with Crippen molar-refractivity contribution in [2.45, 2.75) is 64.9 Å². The van der Waals surface area contributed by atoms with Crippen LogP contribution in [0, 0.1) is 16.7 Å². The van der Waals surface area contributed by atoms with Gasteiger partial charge < -0.3 is 14.9 Å². The maximum atomic E-state index is 12.0. The van der Waals surface area contributed by atoms with E-state index in [2.05, 4.69) is 38.1 Å². The first kappa shape index (κ1) is 21.1. The maximum absolute atomic E-state index is 12.0. The number of esters is 1. The number of aliphatic hydroxyl groups is 2. The van der Waals surface area contributed by atoms with E-state index >= 15 is 0 Å². The summed E-state index contributed by atoms with van der Waals surface area (Å²) in [6.07, 6.45) is 5.91. The largest absolute Gasteiger partial charge is 0.463 e. The van der Waals surface area contributed by atoms with Gasteiger partial charge in [0.05, 0.1) is 12.7 Å². The Balaban J connectivity index is 2.08. The van der Waals surface area contributed by atoms with Crippen LogP contribution in [0.15, 0.2) is 36.4 Å².